The molecule has 0 saturated heterocycles. The highest BCUT2D eigenvalue weighted by atomic mass is 32.2. The predicted molar refractivity (Wildman–Crippen MR) is 130 cm³/mol. The first-order valence-electron chi connectivity index (χ1n) is 11.1. The summed E-state index contributed by atoms with van der Waals surface area (Å²) in [4.78, 5) is 3.99. The Labute approximate surface area is 195 Å². The maximum absolute atomic E-state index is 13.5. The number of aromatic nitrogens is 4. The molecule has 1 unspecified atom stereocenters. The second-order valence-electron chi connectivity index (χ2n) is 8.21. The van der Waals surface area contributed by atoms with Crippen LogP contribution in [0.2, 0.25) is 0 Å². The highest BCUT2D eigenvalue weighted by Crippen LogP contribution is 2.45. The van der Waals surface area contributed by atoms with Gasteiger partial charge in [0, 0.05) is 18.7 Å². The van der Waals surface area contributed by atoms with E-state index >= 15 is 0 Å². The molecule has 0 saturated carbocycles. The standard InChI is InChI=1S/C25H26N6OS/c1-17-9-11-23-24(18(17)2)31(14-6-13-26-16-19-7-4-3-5-8-19)21-15-20(25-27-29-30-28-25)10-12-22(21)33(23)32/h3-5,7-12,15,26H,6,13-14,16H2,1-2H3,(H,27,28,29,30). The van der Waals surface area contributed by atoms with E-state index in [0.29, 0.717) is 5.82 Å². The van der Waals surface area contributed by atoms with Gasteiger partial charge in [-0.05, 0) is 73.0 Å². The molecule has 4 aromatic rings. The van der Waals surface area contributed by atoms with E-state index in [-0.39, 0.29) is 0 Å². The molecule has 33 heavy (non-hydrogen) atoms. The summed E-state index contributed by atoms with van der Waals surface area (Å²) in [5, 5.41) is 18.0. The van der Waals surface area contributed by atoms with Crippen molar-refractivity contribution < 1.29 is 4.21 Å². The van der Waals surface area contributed by atoms with Crippen LogP contribution in [0.15, 0.2) is 70.5 Å². The zero-order valence-corrected chi connectivity index (χ0v) is 19.5. The van der Waals surface area contributed by atoms with Crippen LogP contribution in [0.5, 0.6) is 0 Å². The van der Waals surface area contributed by atoms with Gasteiger partial charge >= 0.3 is 0 Å². The number of tetrazole rings is 1. The topological polar surface area (TPSA) is 86.8 Å². The van der Waals surface area contributed by atoms with E-state index in [0.717, 1.165) is 58.3 Å². The Morgan fingerprint density at radius 1 is 1.03 bits per heavy atom. The van der Waals surface area contributed by atoms with Crippen molar-refractivity contribution in [3.05, 3.63) is 77.4 Å². The molecule has 0 aliphatic carbocycles. The van der Waals surface area contributed by atoms with Crippen LogP contribution in [-0.2, 0) is 17.3 Å². The van der Waals surface area contributed by atoms with E-state index < -0.39 is 10.8 Å². The second kappa shape index (κ2) is 9.25. The first kappa shape index (κ1) is 21.5. The molecule has 1 aliphatic heterocycles. The molecular weight excluding hydrogens is 432 g/mol. The largest absolute Gasteiger partial charge is 0.339 e. The monoisotopic (exact) mass is 458 g/mol. The molecule has 0 fully saturated rings. The number of hydrogen-bond donors (Lipinski definition) is 2. The molecule has 1 aliphatic rings. The van der Waals surface area contributed by atoms with Crippen molar-refractivity contribution in [2.45, 2.75) is 36.6 Å². The molecule has 3 aromatic carbocycles. The first-order chi connectivity index (χ1) is 16.1. The average Bonchev–Trinajstić information content (AvgIpc) is 3.38. The fraction of sp³-hybridized carbons (Fsp3) is 0.240. The van der Waals surface area contributed by atoms with Gasteiger partial charge in [0.05, 0.1) is 32.0 Å². The lowest BCUT2D eigenvalue weighted by Crippen LogP contribution is -2.28. The van der Waals surface area contributed by atoms with Crippen molar-refractivity contribution in [3.63, 3.8) is 0 Å². The molecule has 2 heterocycles. The number of fused-ring (bicyclic) bond motifs is 2. The lowest BCUT2D eigenvalue weighted by Gasteiger charge is -2.35. The number of hydrogen-bond acceptors (Lipinski definition) is 6. The summed E-state index contributed by atoms with van der Waals surface area (Å²) in [6.45, 7) is 6.75. The summed E-state index contributed by atoms with van der Waals surface area (Å²) in [5.74, 6) is 0.528. The number of benzene rings is 3. The van der Waals surface area contributed by atoms with Gasteiger partial charge in [-0.3, -0.25) is 0 Å². The van der Waals surface area contributed by atoms with Crippen molar-refractivity contribution in [1.82, 2.24) is 25.9 Å². The van der Waals surface area contributed by atoms with Crippen molar-refractivity contribution >= 4 is 22.2 Å². The Balaban J connectivity index is 1.44. The van der Waals surface area contributed by atoms with Crippen molar-refractivity contribution in [3.8, 4) is 11.4 Å². The van der Waals surface area contributed by atoms with E-state index in [1.807, 2.05) is 30.3 Å². The van der Waals surface area contributed by atoms with Crippen LogP contribution in [0.4, 0.5) is 11.4 Å². The highest BCUT2D eigenvalue weighted by molar-refractivity contribution is 7.85. The lowest BCUT2D eigenvalue weighted by atomic mass is 10.0. The van der Waals surface area contributed by atoms with Crippen LogP contribution in [0.1, 0.15) is 23.1 Å². The minimum absolute atomic E-state index is 0.528. The van der Waals surface area contributed by atoms with Crippen molar-refractivity contribution in [2.75, 3.05) is 18.0 Å². The predicted octanol–water partition coefficient (Wildman–Crippen LogP) is 4.28. The minimum Gasteiger partial charge on any atom is -0.339 e. The molecule has 0 bridgehead atoms. The Kier molecular flexibility index (Phi) is 6.02. The molecule has 168 valence electrons. The SMILES string of the molecule is Cc1ccc2c(c1C)N(CCCNCc1ccccc1)c1cc(-c3nn[nH]n3)ccc1S2=O. The number of nitrogens with zero attached hydrogens (tertiary/aromatic N) is 4. The number of aromatic amines is 1. The molecule has 1 aromatic heterocycles. The smallest absolute Gasteiger partial charge is 0.204 e. The summed E-state index contributed by atoms with van der Waals surface area (Å²) in [6.07, 6.45) is 0.943. The Bertz CT molecular complexity index is 1290. The number of aryl methyl sites for hydroxylation is 1. The van der Waals surface area contributed by atoms with Gasteiger partial charge in [-0.15, -0.1) is 10.2 Å². The zero-order valence-electron chi connectivity index (χ0n) is 18.7. The summed E-state index contributed by atoms with van der Waals surface area (Å²) >= 11 is 0. The third kappa shape index (κ3) is 4.19. The van der Waals surface area contributed by atoms with Gasteiger partial charge in [-0.1, -0.05) is 36.4 Å². The van der Waals surface area contributed by atoms with Gasteiger partial charge in [0.1, 0.15) is 0 Å². The maximum Gasteiger partial charge on any atom is 0.204 e. The van der Waals surface area contributed by atoms with Gasteiger partial charge < -0.3 is 10.2 Å². The van der Waals surface area contributed by atoms with Gasteiger partial charge in [0.2, 0.25) is 5.82 Å². The normalized spacial score (nSPS) is 14.7. The van der Waals surface area contributed by atoms with E-state index in [4.69, 9.17) is 0 Å². The molecule has 0 radical (unpaired) electrons. The summed E-state index contributed by atoms with van der Waals surface area (Å²) in [6, 6.07) is 20.3. The van der Waals surface area contributed by atoms with Gasteiger partial charge in [0.15, 0.2) is 0 Å². The lowest BCUT2D eigenvalue weighted by molar-refractivity contribution is 0.646. The molecular formula is C25H26N6OS. The van der Waals surface area contributed by atoms with Crippen molar-refractivity contribution in [1.29, 1.82) is 0 Å². The molecule has 0 spiro atoms. The third-order valence-electron chi connectivity index (χ3n) is 6.09. The fourth-order valence-corrected chi connectivity index (χ4v) is 5.65. The third-order valence-corrected chi connectivity index (χ3v) is 7.57. The second-order valence-corrected chi connectivity index (χ2v) is 9.63. The Hall–Kier alpha value is -3.36. The summed E-state index contributed by atoms with van der Waals surface area (Å²) in [7, 11) is -1.24. The average molecular weight is 459 g/mol. The molecule has 0 amide bonds. The number of anilines is 2. The van der Waals surface area contributed by atoms with Gasteiger partial charge in [-0.2, -0.15) is 5.21 Å². The Morgan fingerprint density at radius 3 is 2.64 bits per heavy atom. The van der Waals surface area contributed by atoms with Crippen LogP contribution in [-0.4, -0.2) is 37.9 Å². The van der Waals surface area contributed by atoms with E-state index in [1.165, 1.54) is 11.1 Å². The van der Waals surface area contributed by atoms with Crippen LogP contribution >= 0.6 is 0 Å². The quantitative estimate of drug-likeness (QED) is 0.402. The molecule has 8 heteroatoms. The Morgan fingerprint density at radius 2 is 1.85 bits per heavy atom. The van der Waals surface area contributed by atoms with Gasteiger partial charge in [0.25, 0.3) is 0 Å². The van der Waals surface area contributed by atoms with E-state index in [9.17, 15) is 4.21 Å². The molecule has 7 nitrogen and oxygen atoms in total. The molecule has 5 rings (SSSR count). The number of rotatable bonds is 7. The van der Waals surface area contributed by atoms with E-state index in [2.05, 4.69) is 75.0 Å². The fourth-order valence-electron chi connectivity index (χ4n) is 4.23. The van der Waals surface area contributed by atoms with Crippen LogP contribution in [0.3, 0.4) is 0 Å². The maximum atomic E-state index is 13.5. The number of H-pyrrole nitrogens is 1. The summed E-state index contributed by atoms with van der Waals surface area (Å²) < 4.78 is 13.5. The zero-order chi connectivity index (χ0) is 22.8. The van der Waals surface area contributed by atoms with Crippen molar-refractivity contribution in [2.24, 2.45) is 0 Å². The van der Waals surface area contributed by atoms with Crippen LogP contribution in [0, 0.1) is 13.8 Å². The van der Waals surface area contributed by atoms with Gasteiger partial charge in [-0.25, -0.2) is 4.21 Å². The molecule has 1 atom stereocenters. The van der Waals surface area contributed by atoms with Crippen LogP contribution in [0.25, 0.3) is 11.4 Å². The number of nitrogens with one attached hydrogen (secondary N) is 2. The van der Waals surface area contributed by atoms with Crippen LogP contribution < -0.4 is 10.2 Å². The molecule has 2 N–H and O–H groups in total. The van der Waals surface area contributed by atoms with E-state index in [1.54, 1.807) is 0 Å². The first-order valence-corrected chi connectivity index (χ1v) is 12.2. The summed E-state index contributed by atoms with van der Waals surface area (Å²) in [5.41, 5.74) is 6.47. The minimum atomic E-state index is -1.24. The highest BCUT2D eigenvalue weighted by Gasteiger charge is 2.30.